The molecule has 0 spiro atoms. The van der Waals surface area contributed by atoms with Crippen molar-refractivity contribution in [2.24, 2.45) is 29.6 Å². The van der Waals surface area contributed by atoms with E-state index in [4.69, 9.17) is 14.2 Å². The number of hydrogen-bond donors (Lipinski definition) is 5. The molecule has 436 valence electrons. The van der Waals surface area contributed by atoms with Crippen LogP contribution < -0.4 is 20.7 Å². The molecule has 1 aromatic rings. The molecule has 3 heterocycles. The number of hydrogen-bond acceptors (Lipinski definition) is 15. The highest BCUT2D eigenvalue weighted by Gasteiger charge is 2.45. The highest BCUT2D eigenvalue weighted by molar-refractivity contribution is 6.05. The van der Waals surface area contributed by atoms with Crippen LogP contribution in [0.1, 0.15) is 126 Å². The van der Waals surface area contributed by atoms with Crippen molar-refractivity contribution in [3.8, 4) is 5.75 Å². The third-order valence-corrected chi connectivity index (χ3v) is 15.2. The van der Waals surface area contributed by atoms with Crippen LogP contribution in [0.2, 0.25) is 0 Å². The van der Waals surface area contributed by atoms with Crippen molar-refractivity contribution in [1.82, 2.24) is 35.6 Å². The third kappa shape index (κ3) is 16.7. The second-order valence-electron chi connectivity index (χ2n) is 22.5. The molecule has 22 heteroatoms. The first-order valence-corrected chi connectivity index (χ1v) is 27.6. The highest BCUT2D eigenvalue weighted by atomic mass is 16.5. The summed E-state index contributed by atoms with van der Waals surface area (Å²) in [6.45, 7) is 16.2. The lowest BCUT2D eigenvalue weighted by atomic mass is 9.91. The second-order valence-corrected chi connectivity index (χ2v) is 22.5. The number of nitrogens with zero attached hydrogens (tertiary/aromatic N) is 4. The minimum Gasteiger partial charge on any atom is -0.497 e. The predicted octanol–water partition coefficient (Wildman–Crippen LogP) is 1.93. The van der Waals surface area contributed by atoms with Gasteiger partial charge < -0.3 is 60.0 Å². The number of aliphatic hydroxyl groups is 2. The Morgan fingerprint density at radius 3 is 2.10 bits per heavy atom. The summed E-state index contributed by atoms with van der Waals surface area (Å²) in [6.07, 6.45) is -3.40. The van der Waals surface area contributed by atoms with Gasteiger partial charge in [-0.3, -0.25) is 43.2 Å². The molecule has 1 aromatic carbocycles. The van der Waals surface area contributed by atoms with Crippen molar-refractivity contribution in [3.63, 3.8) is 0 Å². The number of ether oxygens (including phenoxy) is 3. The number of Topliss-reactive ketones (excluding diaryl/α,β-unsaturated/α-hetero) is 1. The van der Waals surface area contributed by atoms with Gasteiger partial charge in [-0.2, -0.15) is 0 Å². The number of rotatable bonds is 15. The van der Waals surface area contributed by atoms with Gasteiger partial charge in [-0.25, -0.2) is 4.79 Å². The first-order chi connectivity index (χ1) is 36.6. The van der Waals surface area contributed by atoms with E-state index < -0.39 is 150 Å². The van der Waals surface area contributed by atoms with Crippen LogP contribution in [-0.4, -0.2) is 190 Å². The van der Waals surface area contributed by atoms with Gasteiger partial charge in [0.05, 0.1) is 31.6 Å². The number of carbonyl (C=O) groups excluding carboxylic acids is 10. The van der Waals surface area contributed by atoms with Crippen LogP contribution in [0, 0.1) is 29.6 Å². The van der Waals surface area contributed by atoms with Crippen molar-refractivity contribution in [2.45, 2.75) is 188 Å². The Labute approximate surface area is 459 Å². The van der Waals surface area contributed by atoms with Gasteiger partial charge in [-0.15, -0.1) is 0 Å². The number of amides is 7. The number of cyclic esters (lactones) is 2. The Bertz CT molecular complexity index is 2290. The molecule has 0 saturated carbocycles. The smallest absolute Gasteiger partial charge is 0.329 e. The second kappa shape index (κ2) is 29.2. The standard InChI is InChI=1S/C56H87N7O15/c1-14-33(8)46-44(65)28-45(66)78-48(32(6)7)47(67)34(9)49(68)57-38(25-30(2)3)53(72)63-24-16-18-41(63)55(74)61(12)43(27-36-19-21-37(76-13)22-20-36)56(75)77-29-39(50(69)59-46)58-51(70)42(26-31(4)5)60(11)54(73)40-17-15-23-62(40)52(71)35(10)64/h19-22,30-35,38-44,46,48,64-65H,14-18,23-29H2,1-13H3,(H,57,68)(H,58,70)(H,59,69)/t33?,34?,35?,38-,39?,40-,41?,42+,43-,44-,46+,48-/m0/s1. The maximum absolute atomic E-state index is 14.8. The molecule has 0 aliphatic carbocycles. The zero-order valence-electron chi connectivity index (χ0n) is 47.9. The minimum absolute atomic E-state index is 0.0776. The SMILES string of the molecule is CCC(C)[C@H]1NC(=O)C(NC(=O)[C@@H](CC(C)C)N(C)C(=O)[C@@H]2CCCN2C(=O)C(C)O)COC(=O)[C@H](Cc2ccc(OC)cc2)N(C)C(=O)C2CCCN2C(=O)[C@H](CC(C)C)NC(=O)C(C)C(=O)[C@H](C(C)C)OC(=O)C[C@@H]1O. The molecule has 12 atom stereocenters. The summed E-state index contributed by atoms with van der Waals surface area (Å²) in [6, 6.07) is -2.11. The molecule has 4 rings (SSSR count). The zero-order valence-corrected chi connectivity index (χ0v) is 47.9. The van der Waals surface area contributed by atoms with Gasteiger partial charge in [-0.1, -0.05) is 73.9 Å². The maximum atomic E-state index is 14.8. The Hall–Kier alpha value is -6.16. The molecular formula is C56H87N7O15. The fourth-order valence-corrected chi connectivity index (χ4v) is 10.3. The van der Waals surface area contributed by atoms with Crippen LogP contribution in [0.5, 0.6) is 5.75 Å². The van der Waals surface area contributed by atoms with Crippen LogP contribution >= 0.6 is 0 Å². The number of methoxy groups -OCH3 is 1. The molecule has 78 heavy (non-hydrogen) atoms. The Morgan fingerprint density at radius 2 is 1.53 bits per heavy atom. The molecule has 3 aliphatic rings. The van der Waals surface area contributed by atoms with Gasteiger partial charge in [0.1, 0.15) is 54.7 Å². The monoisotopic (exact) mass is 1100 g/mol. The number of ketones is 1. The molecule has 3 aliphatic heterocycles. The predicted molar refractivity (Wildman–Crippen MR) is 286 cm³/mol. The molecule has 7 amide bonds. The topological polar surface area (TPSA) is 288 Å². The number of likely N-dealkylation sites (N-methyl/N-ethyl adjacent to an activating group) is 2. The minimum atomic E-state index is -1.73. The summed E-state index contributed by atoms with van der Waals surface area (Å²) in [5.41, 5.74) is 0.573. The summed E-state index contributed by atoms with van der Waals surface area (Å²) in [4.78, 5) is 148. The first kappa shape index (κ1) is 64.4. The van der Waals surface area contributed by atoms with Gasteiger partial charge in [0.15, 0.2) is 11.9 Å². The lowest BCUT2D eigenvalue weighted by Crippen LogP contribution is -2.60. The quantitative estimate of drug-likeness (QED) is 0.124. The largest absolute Gasteiger partial charge is 0.497 e. The summed E-state index contributed by atoms with van der Waals surface area (Å²) in [5.74, 6) is -10.2. The third-order valence-electron chi connectivity index (χ3n) is 15.2. The molecule has 0 bridgehead atoms. The van der Waals surface area contributed by atoms with Crippen molar-refractivity contribution in [2.75, 3.05) is 40.9 Å². The number of aliphatic hydroxyl groups excluding tert-OH is 2. The molecule has 3 fully saturated rings. The van der Waals surface area contributed by atoms with Gasteiger partial charge in [-0.05, 0) is 93.7 Å². The van der Waals surface area contributed by atoms with E-state index in [1.165, 1.54) is 54.7 Å². The lowest BCUT2D eigenvalue weighted by Gasteiger charge is -2.35. The van der Waals surface area contributed by atoms with E-state index in [1.807, 2.05) is 27.7 Å². The average molecular weight is 1100 g/mol. The molecule has 5 N–H and O–H groups in total. The Morgan fingerprint density at radius 1 is 0.885 bits per heavy atom. The van der Waals surface area contributed by atoms with Crippen LogP contribution in [0.4, 0.5) is 0 Å². The normalized spacial score (nSPS) is 26.9. The molecule has 22 nitrogen and oxygen atoms in total. The van der Waals surface area contributed by atoms with Crippen molar-refractivity contribution in [3.05, 3.63) is 29.8 Å². The van der Waals surface area contributed by atoms with Crippen LogP contribution in [0.15, 0.2) is 24.3 Å². The molecular weight excluding hydrogens is 1010 g/mol. The van der Waals surface area contributed by atoms with Crippen molar-refractivity contribution >= 4 is 59.1 Å². The van der Waals surface area contributed by atoms with Crippen molar-refractivity contribution in [1.29, 1.82) is 0 Å². The van der Waals surface area contributed by atoms with E-state index in [9.17, 15) is 58.2 Å². The zero-order chi connectivity index (χ0) is 58.5. The van der Waals surface area contributed by atoms with E-state index in [2.05, 4.69) is 16.0 Å². The van der Waals surface area contributed by atoms with Gasteiger partial charge in [0.2, 0.25) is 35.4 Å². The highest BCUT2D eigenvalue weighted by Crippen LogP contribution is 2.27. The molecule has 3 saturated heterocycles. The van der Waals surface area contributed by atoms with E-state index in [1.54, 1.807) is 52.0 Å². The van der Waals surface area contributed by atoms with Gasteiger partial charge in [0, 0.05) is 33.6 Å². The number of benzene rings is 1. The number of nitrogens with one attached hydrogen (secondary N) is 3. The van der Waals surface area contributed by atoms with E-state index in [0.717, 1.165) is 0 Å². The fraction of sp³-hybridized carbons (Fsp3) is 0.714. The molecule has 5 unspecified atom stereocenters. The van der Waals surface area contributed by atoms with E-state index in [0.29, 0.717) is 30.6 Å². The molecule has 0 radical (unpaired) electrons. The number of fused-ring (bicyclic) bond motifs is 1. The molecule has 0 aromatic heterocycles. The Kier molecular flexibility index (Phi) is 24.1. The van der Waals surface area contributed by atoms with Gasteiger partial charge >= 0.3 is 11.9 Å². The summed E-state index contributed by atoms with van der Waals surface area (Å²) in [7, 11) is 4.28. The first-order valence-electron chi connectivity index (χ1n) is 27.6. The Balaban J connectivity index is 1.86. The lowest BCUT2D eigenvalue weighted by molar-refractivity contribution is -0.162. The number of esters is 2. The number of likely N-dealkylation sites (tertiary alicyclic amines) is 1. The van der Waals surface area contributed by atoms with Crippen LogP contribution in [0.3, 0.4) is 0 Å². The summed E-state index contributed by atoms with van der Waals surface area (Å²) >= 11 is 0. The van der Waals surface area contributed by atoms with Crippen LogP contribution in [-0.2, 0) is 63.8 Å². The van der Waals surface area contributed by atoms with E-state index >= 15 is 0 Å². The average Bonchev–Trinajstić information content (AvgIpc) is 4.10. The van der Waals surface area contributed by atoms with Crippen LogP contribution in [0.25, 0.3) is 0 Å². The van der Waals surface area contributed by atoms with Gasteiger partial charge in [0.25, 0.3) is 5.91 Å². The maximum Gasteiger partial charge on any atom is 0.329 e. The fourth-order valence-electron chi connectivity index (χ4n) is 10.3. The summed E-state index contributed by atoms with van der Waals surface area (Å²) in [5, 5.41) is 30.1. The summed E-state index contributed by atoms with van der Waals surface area (Å²) < 4.78 is 17.0. The van der Waals surface area contributed by atoms with Crippen molar-refractivity contribution < 1.29 is 72.4 Å². The van der Waals surface area contributed by atoms with E-state index in [-0.39, 0.29) is 57.0 Å². The number of carbonyl (C=O) groups is 10.